The molecule has 8 nitrogen and oxygen atoms in total. The molecule has 2 aliphatic rings. The first-order chi connectivity index (χ1) is 12.8. The van der Waals surface area contributed by atoms with Gasteiger partial charge in [-0.25, -0.2) is 9.97 Å². The second kappa shape index (κ2) is 7.43. The molecule has 2 aliphatic heterocycles. The SMILES string of the molecule is COCc1ccc(C(=O)N2CCc3c(ncnc3N3CCOCC3)C2)o1. The number of furan rings is 1. The van der Waals surface area contributed by atoms with Gasteiger partial charge in [0.15, 0.2) is 5.76 Å². The standard InChI is InChI=1S/C18H22N4O4/c1-24-11-13-2-3-16(26-13)18(23)22-5-4-14-15(10-22)19-12-20-17(14)21-6-8-25-9-7-21/h2-3,12H,4-11H2,1H3. The van der Waals surface area contributed by atoms with Crippen molar-refractivity contribution in [2.45, 2.75) is 19.6 Å². The van der Waals surface area contributed by atoms with Crippen LogP contribution in [0.1, 0.15) is 27.6 Å². The second-order valence-electron chi connectivity index (χ2n) is 6.40. The van der Waals surface area contributed by atoms with Crippen LogP contribution < -0.4 is 4.90 Å². The van der Waals surface area contributed by atoms with Crippen molar-refractivity contribution < 1.29 is 18.7 Å². The Labute approximate surface area is 151 Å². The van der Waals surface area contributed by atoms with Gasteiger partial charge >= 0.3 is 0 Å². The van der Waals surface area contributed by atoms with E-state index in [0.717, 1.165) is 36.6 Å². The fraction of sp³-hybridized carbons (Fsp3) is 0.500. The first kappa shape index (κ1) is 17.0. The zero-order chi connectivity index (χ0) is 17.9. The molecule has 138 valence electrons. The third-order valence-corrected chi connectivity index (χ3v) is 4.74. The highest BCUT2D eigenvalue weighted by Gasteiger charge is 2.28. The Morgan fingerprint density at radius 2 is 2.08 bits per heavy atom. The number of rotatable bonds is 4. The molecule has 0 bridgehead atoms. The Hall–Kier alpha value is -2.45. The van der Waals surface area contributed by atoms with Gasteiger partial charge in [0.05, 0.1) is 25.5 Å². The molecule has 4 heterocycles. The minimum absolute atomic E-state index is 0.121. The monoisotopic (exact) mass is 358 g/mol. The highest BCUT2D eigenvalue weighted by Crippen LogP contribution is 2.27. The molecule has 0 N–H and O–H groups in total. The van der Waals surface area contributed by atoms with E-state index in [0.29, 0.717) is 44.4 Å². The predicted octanol–water partition coefficient (Wildman–Crippen LogP) is 1.25. The van der Waals surface area contributed by atoms with Crippen molar-refractivity contribution in [1.82, 2.24) is 14.9 Å². The smallest absolute Gasteiger partial charge is 0.289 e. The Bertz CT molecular complexity index is 785. The van der Waals surface area contributed by atoms with Crippen LogP contribution in [-0.2, 0) is 29.0 Å². The van der Waals surface area contributed by atoms with Gasteiger partial charge in [-0.05, 0) is 18.6 Å². The van der Waals surface area contributed by atoms with Crippen LogP contribution in [0.3, 0.4) is 0 Å². The molecule has 26 heavy (non-hydrogen) atoms. The molecule has 1 fully saturated rings. The fourth-order valence-corrected chi connectivity index (χ4v) is 3.43. The number of nitrogens with zero attached hydrogens (tertiary/aromatic N) is 4. The number of anilines is 1. The van der Waals surface area contributed by atoms with Crippen molar-refractivity contribution in [3.05, 3.63) is 41.2 Å². The van der Waals surface area contributed by atoms with E-state index in [4.69, 9.17) is 13.9 Å². The molecule has 0 aliphatic carbocycles. The van der Waals surface area contributed by atoms with E-state index in [-0.39, 0.29) is 5.91 Å². The van der Waals surface area contributed by atoms with E-state index >= 15 is 0 Å². The third kappa shape index (κ3) is 3.30. The molecule has 0 radical (unpaired) electrons. The van der Waals surface area contributed by atoms with E-state index in [1.165, 1.54) is 0 Å². The Balaban J connectivity index is 1.51. The number of aromatic nitrogens is 2. The molecule has 0 unspecified atom stereocenters. The van der Waals surface area contributed by atoms with Gasteiger partial charge in [0.25, 0.3) is 5.91 Å². The van der Waals surface area contributed by atoms with Crippen LogP contribution in [-0.4, -0.2) is 60.7 Å². The van der Waals surface area contributed by atoms with Crippen LogP contribution in [0.5, 0.6) is 0 Å². The average Bonchev–Trinajstić information content (AvgIpc) is 3.16. The zero-order valence-electron chi connectivity index (χ0n) is 14.8. The summed E-state index contributed by atoms with van der Waals surface area (Å²) >= 11 is 0. The fourth-order valence-electron chi connectivity index (χ4n) is 3.43. The summed E-state index contributed by atoms with van der Waals surface area (Å²) in [7, 11) is 1.59. The maximum absolute atomic E-state index is 12.7. The van der Waals surface area contributed by atoms with Gasteiger partial charge in [0.2, 0.25) is 0 Å². The van der Waals surface area contributed by atoms with Crippen LogP contribution >= 0.6 is 0 Å². The molecule has 2 aromatic heterocycles. The summed E-state index contributed by atoms with van der Waals surface area (Å²) in [6, 6.07) is 3.47. The highest BCUT2D eigenvalue weighted by atomic mass is 16.5. The van der Waals surface area contributed by atoms with Crippen molar-refractivity contribution in [1.29, 1.82) is 0 Å². The summed E-state index contributed by atoms with van der Waals surface area (Å²) in [6.45, 7) is 4.54. The van der Waals surface area contributed by atoms with E-state index < -0.39 is 0 Å². The topological polar surface area (TPSA) is 80.9 Å². The summed E-state index contributed by atoms with van der Waals surface area (Å²) < 4.78 is 16.0. The summed E-state index contributed by atoms with van der Waals surface area (Å²) in [5.41, 5.74) is 2.04. The molecule has 2 aromatic rings. The molecule has 0 atom stereocenters. The average molecular weight is 358 g/mol. The molecule has 4 rings (SSSR count). The Morgan fingerprint density at radius 1 is 1.23 bits per heavy atom. The number of carbonyl (C=O) groups excluding carboxylic acids is 1. The van der Waals surface area contributed by atoms with Crippen LogP contribution in [0, 0.1) is 0 Å². The first-order valence-electron chi connectivity index (χ1n) is 8.78. The number of hydrogen-bond acceptors (Lipinski definition) is 7. The number of amides is 1. The van der Waals surface area contributed by atoms with Crippen LogP contribution in [0.15, 0.2) is 22.9 Å². The normalized spacial score (nSPS) is 17.3. The third-order valence-electron chi connectivity index (χ3n) is 4.74. The van der Waals surface area contributed by atoms with Gasteiger partial charge in [0, 0.05) is 32.3 Å². The summed E-state index contributed by atoms with van der Waals surface area (Å²) in [5, 5.41) is 0. The largest absolute Gasteiger partial charge is 0.453 e. The number of morpholine rings is 1. The van der Waals surface area contributed by atoms with Gasteiger partial charge in [-0.1, -0.05) is 0 Å². The van der Waals surface area contributed by atoms with Gasteiger partial charge in [-0.3, -0.25) is 4.79 Å². The maximum atomic E-state index is 12.7. The Morgan fingerprint density at radius 3 is 2.88 bits per heavy atom. The molecule has 8 heteroatoms. The molecule has 0 saturated carbocycles. The molecular formula is C18H22N4O4. The van der Waals surface area contributed by atoms with Crippen molar-refractivity contribution >= 4 is 11.7 Å². The highest BCUT2D eigenvalue weighted by molar-refractivity contribution is 5.91. The molecule has 1 amide bonds. The van der Waals surface area contributed by atoms with Crippen LogP contribution in [0.2, 0.25) is 0 Å². The van der Waals surface area contributed by atoms with Gasteiger partial charge in [-0.2, -0.15) is 0 Å². The number of methoxy groups -OCH3 is 1. The van der Waals surface area contributed by atoms with Crippen LogP contribution in [0.4, 0.5) is 5.82 Å². The van der Waals surface area contributed by atoms with E-state index in [1.54, 1.807) is 30.5 Å². The lowest BCUT2D eigenvalue weighted by Crippen LogP contribution is -2.40. The van der Waals surface area contributed by atoms with Crippen LogP contribution in [0.25, 0.3) is 0 Å². The lowest BCUT2D eigenvalue weighted by atomic mass is 10.0. The van der Waals surface area contributed by atoms with Crippen molar-refractivity contribution in [2.24, 2.45) is 0 Å². The molecule has 1 saturated heterocycles. The van der Waals surface area contributed by atoms with Crippen molar-refractivity contribution in [3.63, 3.8) is 0 Å². The summed E-state index contributed by atoms with van der Waals surface area (Å²) in [6.07, 6.45) is 2.32. The van der Waals surface area contributed by atoms with E-state index in [2.05, 4.69) is 14.9 Å². The van der Waals surface area contributed by atoms with Crippen molar-refractivity contribution in [3.8, 4) is 0 Å². The van der Waals surface area contributed by atoms with Gasteiger partial charge in [0.1, 0.15) is 24.5 Å². The minimum atomic E-state index is -0.121. The Kier molecular flexibility index (Phi) is 4.85. The lowest BCUT2D eigenvalue weighted by Gasteiger charge is -2.33. The minimum Gasteiger partial charge on any atom is -0.453 e. The van der Waals surface area contributed by atoms with E-state index in [1.807, 2.05) is 0 Å². The van der Waals surface area contributed by atoms with Crippen molar-refractivity contribution in [2.75, 3.05) is 44.9 Å². The second-order valence-corrected chi connectivity index (χ2v) is 6.40. The molecule has 0 aromatic carbocycles. The van der Waals surface area contributed by atoms with E-state index in [9.17, 15) is 4.79 Å². The van der Waals surface area contributed by atoms with Gasteiger partial charge < -0.3 is 23.7 Å². The zero-order valence-corrected chi connectivity index (χ0v) is 14.8. The number of hydrogen-bond donors (Lipinski definition) is 0. The molecular weight excluding hydrogens is 336 g/mol. The lowest BCUT2D eigenvalue weighted by molar-refractivity contribution is 0.0691. The maximum Gasteiger partial charge on any atom is 0.289 e. The van der Waals surface area contributed by atoms with Gasteiger partial charge in [-0.15, -0.1) is 0 Å². The summed E-state index contributed by atoms with van der Waals surface area (Å²) in [4.78, 5) is 25.7. The quantitative estimate of drug-likeness (QED) is 0.814. The number of carbonyl (C=O) groups is 1. The first-order valence-corrected chi connectivity index (χ1v) is 8.78. The number of ether oxygens (including phenoxy) is 2. The molecule has 0 spiro atoms. The number of fused-ring (bicyclic) bond motifs is 1. The predicted molar refractivity (Wildman–Crippen MR) is 92.9 cm³/mol. The summed E-state index contributed by atoms with van der Waals surface area (Å²) in [5.74, 6) is 1.84.